The molecule has 6 nitrogen and oxygen atoms in total. The molecule has 140 valence electrons. The van der Waals surface area contributed by atoms with Gasteiger partial charge in [0.15, 0.2) is 0 Å². The van der Waals surface area contributed by atoms with Crippen LogP contribution in [0.5, 0.6) is 5.75 Å². The first-order chi connectivity index (χ1) is 13.2. The van der Waals surface area contributed by atoms with E-state index in [1.54, 1.807) is 18.6 Å². The van der Waals surface area contributed by atoms with Crippen molar-refractivity contribution in [1.82, 2.24) is 19.9 Å². The zero-order valence-corrected chi connectivity index (χ0v) is 15.5. The lowest BCUT2D eigenvalue weighted by molar-refractivity contribution is 0.140. The van der Waals surface area contributed by atoms with E-state index in [0.29, 0.717) is 13.2 Å². The molecule has 0 amide bonds. The fourth-order valence-corrected chi connectivity index (χ4v) is 3.69. The summed E-state index contributed by atoms with van der Waals surface area (Å²) in [5.41, 5.74) is 2.91. The number of nitrogens with zero attached hydrogens (tertiary/aromatic N) is 4. The average Bonchev–Trinajstić information content (AvgIpc) is 3.02. The van der Waals surface area contributed by atoms with Crippen LogP contribution in [0.2, 0.25) is 0 Å². The maximum atomic E-state index is 10.4. The van der Waals surface area contributed by atoms with E-state index in [1.807, 2.05) is 25.1 Å². The standard InChI is InChI=1S/C21H24N4O2/c1-2-27-19-5-6-20-15(10-19)3-4-17(24-20)13-25-12-16(21(26)14-25)9-18-11-22-7-8-23-18/h3-8,10-11,16,21,26H,2,9,12-14H2,1H3/t16-,21-/m1/s1. The quantitative estimate of drug-likeness (QED) is 0.724. The van der Waals surface area contributed by atoms with Gasteiger partial charge in [0.25, 0.3) is 0 Å². The van der Waals surface area contributed by atoms with Gasteiger partial charge in [-0.3, -0.25) is 19.9 Å². The lowest BCUT2D eigenvalue weighted by Gasteiger charge is -2.15. The summed E-state index contributed by atoms with van der Waals surface area (Å²) >= 11 is 0. The van der Waals surface area contributed by atoms with Crippen molar-refractivity contribution in [3.8, 4) is 5.75 Å². The molecule has 1 N–H and O–H groups in total. The fourth-order valence-electron chi connectivity index (χ4n) is 3.69. The second-order valence-electron chi connectivity index (χ2n) is 7.01. The van der Waals surface area contributed by atoms with Gasteiger partial charge in [-0.2, -0.15) is 0 Å². The van der Waals surface area contributed by atoms with Crippen LogP contribution in [0.25, 0.3) is 10.9 Å². The van der Waals surface area contributed by atoms with E-state index < -0.39 is 0 Å². The van der Waals surface area contributed by atoms with Crippen molar-refractivity contribution in [3.63, 3.8) is 0 Å². The van der Waals surface area contributed by atoms with Gasteiger partial charge < -0.3 is 9.84 Å². The van der Waals surface area contributed by atoms with Crippen LogP contribution in [-0.4, -0.2) is 50.8 Å². The Hall–Kier alpha value is -2.57. The van der Waals surface area contributed by atoms with Gasteiger partial charge >= 0.3 is 0 Å². The molecule has 0 radical (unpaired) electrons. The lowest BCUT2D eigenvalue weighted by Crippen LogP contribution is -2.22. The number of fused-ring (bicyclic) bond motifs is 1. The number of likely N-dealkylation sites (tertiary alicyclic amines) is 1. The highest BCUT2D eigenvalue weighted by molar-refractivity contribution is 5.80. The third-order valence-electron chi connectivity index (χ3n) is 4.99. The normalized spacial score (nSPS) is 20.2. The Labute approximate surface area is 158 Å². The molecule has 1 aliphatic heterocycles. The molecular weight excluding hydrogens is 340 g/mol. The average molecular weight is 364 g/mol. The first-order valence-electron chi connectivity index (χ1n) is 9.39. The monoisotopic (exact) mass is 364 g/mol. The Morgan fingerprint density at radius 3 is 2.89 bits per heavy atom. The number of aliphatic hydroxyl groups is 1. The van der Waals surface area contributed by atoms with Gasteiger partial charge in [0.05, 0.1) is 29.6 Å². The number of β-amino-alcohol motifs (C(OH)–C–C–N with tert-alkyl or cyclic N) is 1. The second kappa shape index (κ2) is 7.98. The minimum absolute atomic E-state index is 0.177. The molecule has 1 fully saturated rings. The Kier molecular flexibility index (Phi) is 5.27. The van der Waals surface area contributed by atoms with Gasteiger partial charge in [-0.15, -0.1) is 0 Å². The molecule has 0 spiro atoms. The van der Waals surface area contributed by atoms with Gasteiger partial charge in [-0.1, -0.05) is 6.07 Å². The molecule has 0 aliphatic carbocycles. The molecule has 0 saturated carbocycles. The summed E-state index contributed by atoms with van der Waals surface area (Å²) in [5.74, 6) is 1.05. The number of rotatable bonds is 6. The largest absolute Gasteiger partial charge is 0.494 e. The number of hydrogen-bond acceptors (Lipinski definition) is 6. The van der Waals surface area contributed by atoms with Crippen LogP contribution >= 0.6 is 0 Å². The highest BCUT2D eigenvalue weighted by atomic mass is 16.5. The summed E-state index contributed by atoms with van der Waals surface area (Å²) < 4.78 is 5.55. The smallest absolute Gasteiger partial charge is 0.120 e. The Morgan fingerprint density at radius 2 is 2.07 bits per heavy atom. The maximum Gasteiger partial charge on any atom is 0.120 e. The molecule has 0 bridgehead atoms. The summed E-state index contributed by atoms with van der Waals surface area (Å²) in [6, 6.07) is 10.1. The van der Waals surface area contributed by atoms with Crippen LogP contribution in [0.15, 0.2) is 48.9 Å². The van der Waals surface area contributed by atoms with Crippen molar-refractivity contribution in [2.45, 2.75) is 26.0 Å². The molecule has 2 atom stereocenters. The molecule has 6 heteroatoms. The van der Waals surface area contributed by atoms with E-state index in [2.05, 4.69) is 27.0 Å². The summed E-state index contributed by atoms with van der Waals surface area (Å²) in [7, 11) is 0. The summed E-state index contributed by atoms with van der Waals surface area (Å²) in [5, 5.41) is 11.5. The third kappa shape index (κ3) is 4.23. The maximum absolute atomic E-state index is 10.4. The van der Waals surface area contributed by atoms with E-state index >= 15 is 0 Å². The van der Waals surface area contributed by atoms with E-state index in [-0.39, 0.29) is 12.0 Å². The highest BCUT2D eigenvalue weighted by Crippen LogP contribution is 2.24. The van der Waals surface area contributed by atoms with E-state index in [0.717, 1.165) is 47.6 Å². The number of pyridine rings is 1. The predicted octanol–water partition coefficient (Wildman–Crippen LogP) is 2.46. The molecule has 3 heterocycles. The van der Waals surface area contributed by atoms with Gasteiger partial charge in [0.2, 0.25) is 0 Å². The highest BCUT2D eigenvalue weighted by Gasteiger charge is 2.31. The molecule has 0 unspecified atom stereocenters. The molecule has 2 aromatic heterocycles. The lowest BCUT2D eigenvalue weighted by atomic mass is 10.0. The second-order valence-corrected chi connectivity index (χ2v) is 7.01. The van der Waals surface area contributed by atoms with Crippen LogP contribution in [-0.2, 0) is 13.0 Å². The number of ether oxygens (including phenoxy) is 1. The van der Waals surface area contributed by atoms with Crippen molar-refractivity contribution in [2.24, 2.45) is 5.92 Å². The first kappa shape index (κ1) is 17.8. The van der Waals surface area contributed by atoms with Crippen LogP contribution < -0.4 is 4.74 Å². The minimum atomic E-state index is -0.346. The van der Waals surface area contributed by atoms with Crippen molar-refractivity contribution in [1.29, 1.82) is 0 Å². The molecule has 3 aromatic rings. The van der Waals surface area contributed by atoms with Crippen molar-refractivity contribution in [3.05, 3.63) is 60.3 Å². The summed E-state index contributed by atoms with van der Waals surface area (Å²) in [6.07, 6.45) is 5.54. The van der Waals surface area contributed by atoms with Crippen LogP contribution in [0.4, 0.5) is 0 Å². The Bertz CT molecular complexity index is 903. The van der Waals surface area contributed by atoms with Crippen molar-refractivity contribution >= 4 is 10.9 Å². The van der Waals surface area contributed by atoms with Crippen LogP contribution in [0, 0.1) is 5.92 Å². The molecule has 27 heavy (non-hydrogen) atoms. The van der Waals surface area contributed by atoms with Gasteiger partial charge in [0, 0.05) is 49.5 Å². The molecule has 4 rings (SSSR count). The Morgan fingerprint density at radius 1 is 1.15 bits per heavy atom. The molecule has 1 saturated heterocycles. The van der Waals surface area contributed by atoms with Crippen LogP contribution in [0.1, 0.15) is 18.3 Å². The van der Waals surface area contributed by atoms with Crippen molar-refractivity contribution < 1.29 is 9.84 Å². The van der Waals surface area contributed by atoms with E-state index in [9.17, 15) is 5.11 Å². The number of benzene rings is 1. The summed E-state index contributed by atoms with van der Waals surface area (Å²) in [4.78, 5) is 15.5. The van der Waals surface area contributed by atoms with E-state index in [1.165, 1.54) is 0 Å². The molecule has 1 aromatic carbocycles. The summed E-state index contributed by atoms with van der Waals surface area (Å²) in [6.45, 7) is 4.86. The van der Waals surface area contributed by atoms with Gasteiger partial charge in [-0.05, 0) is 37.6 Å². The van der Waals surface area contributed by atoms with Gasteiger partial charge in [-0.25, -0.2) is 0 Å². The SMILES string of the molecule is CCOc1ccc2nc(CN3C[C@@H](Cc4cnccn4)[C@H](O)C3)ccc2c1. The predicted molar refractivity (Wildman–Crippen MR) is 103 cm³/mol. The van der Waals surface area contributed by atoms with E-state index in [4.69, 9.17) is 9.72 Å². The molecular formula is C21H24N4O2. The Balaban J connectivity index is 1.42. The zero-order chi connectivity index (χ0) is 18.6. The number of aromatic nitrogens is 3. The number of hydrogen-bond donors (Lipinski definition) is 1. The minimum Gasteiger partial charge on any atom is -0.494 e. The first-order valence-corrected chi connectivity index (χ1v) is 9.39. The molecule has 1 aliphatic rings. The van der Waals surface area contributed by atoms with Crippen LogP contribution in [0.3, 0.4) is 0 Å². The topological polar surface area (TPSA) is 71.4 Å². The van der Waals surface area contributed by atoms with Crippen molar-refractivity contribution in [2.75, 3.05) is 19.7 Å². The number of aliphatic hydroxyl groups excluding tert-OH is 1. The third-order valence-corrected chi connectivity index (χ3v) is 4.99. The zero-order valence-electron chi connectivity index (χ0n) is 15.5. The fraction of sp³-hybridized carbons (Fsp3) is 0.381. The van der Waals surface area contributed by atoms with Gasteiger partial charge in [0.1, 0.15) is 5.75 Å².